The first-order valence-corrected chi connectivity index (χ1v) is 9.78. The van der Waals surface area contributed by atoms with Crippen LogP contribution in [0, 0.1) is 11.3 Å². The van der Waals surface area contributed by atoms with Gasteiger partial charge in [0.1, 0.15) is 0 Å². The lowest BCUT2D eigenvalue weighted by Gasteiger charge is -2.42. The molecular formula is C19H38N4O. The number of hydrogen-bond donors (Lipinski definition) is 2. The molecule has 140 valence electrons. The van der Waals surface area contributed by atoms with Gasteiger partial charge < -0.3 is 15.4 Å². The molecule has 2 N–H and O–H groups in total. The maximum atomic E-state index is 5.29. The molecule has 5 heteroatoms. The Morgan fingerprint density at radius 2 is 1.88 bits per heavy atom. The first kappa shape index (κ1) is 19.5. The van der Waals surface area contributed by atoms with Crippen LogP contribution in [-0.4, -0.2) is 63.8 Å². The van der Waals surface area contributed by atoms with Crippen molar-refractivity contribution in [3.8, 4) is 0 Å². The summed E-state index contributed by atoms with van der Waals surface area (Å²) in [5, 5.41) is 7.14. The topological polar surface area (TPSA) is 48.9 Å². The van der Waals surface area contributed by atoms with Gasteiger partial charge in [-0.2, -0.15) is 0 Å². The fourth-order valence-electron chi connectivity index (χ4n) is 4.06. The number of methoxy groups -OCH3 is 1. The minimum atomic E-state index is 0.417. The molecule has 24 heavy (non-hydrogen) atoms. The summed E-state index contributed by atoms with van der Waals surface area (Å²) in [6.07, 6.45) is 7.81. The third-order valence-electron chi connectivity index (χ3n) is 5.96. The van der Waals surface area contributed by atoms with Crippen molar-refractivity contribution in [1.29, 1.82) is 0 Å². The monoisotopic (exact) mass is 338 g/mol. The van der Waals surface area contributed by atoms with Gasteiger partial charge in [0, 0.05) is 39.9 Å². The van der Waals surface area contributed by atoms with Crippen LogP contribution in [-0.2, 0) is 4.74 Å². The van der Waals surface area contributed by atoms with Gasteiger partial charge >= 0.3 is 0 Å². The van der Waals surface area contributed by atoms with Crippen LogP contribution in [0.2, 0.25) is 0 Å². The second-order valence-electron chi connectivity index (χ2n) is 7.96. The highest BCUT2D eigenvalue weighted by Gasteiger charge is 2.36. The molecule has 0 aromatic heterocycles. The van der Waals surface area contributed by atoms with Crippen molar-refractivity contribution < 1.29 is 4.74 Å². The molecule has 1 saturated carbocycles. The van der Waals surface area contributed by atoms with E-state index in [1.54, 1.807) is 7.11 Å². The average molecular weight is 339 g/mol. The molecule has 0 radical (unpaired) electrons. The molecule has 0 aromatic carbocycles. The molecule has 2 aliphatic rings. The van der Waals surface area contributed by atoms with Crippen molar-refractivity contribution >= 4 is 5.96 Å². The molecule has 0 amide bonds. The van der Waals surface area contributed by atoms with Crippen molar-refractivity contribution in [2.45, 2.75) is 58.4 Å². The van der Waals surface area contributed by atoms with Crippen LogP contribution >= 0.6 is 0 Å². The number of ether oxygens (including phenoxy) is 1. The second-order valence-corrected chi connectivity index (χ2v) is 7.96. The molecule has 2 rings (SSSR count). The van der Waals surface area contributed by atoms with Crippen LogP contribution in [0.3, 0.4) is 0 Å². The number of nitrogens with zero attached hydrogens (tertiary/aromatic N) is 2. The minimum Gasteiger partial charge on any atom is -0.385 e. The molecule has 5 nitrogen and oxygen atoms in total. The number of rotatable bonds is 9. The SMILES string of the molecule is CN=C(NCC(C(C)C)N1CCCC1)NCC1(CCOC)CCC1. The van der Waals surface area contributed by atoms with E-state index in [-0.39, 0.29) is 0 Å². The highest BCUT2D eigenvalue weighted by Crippen LogP contribution is 2.43. The summed E-state index contributed by atoms with van der Waals surface area (Å²) in [5.41, 5.74) is 0.417. The largest absolute Gasteiger partial charge is 0.385 e. The van der Waals surface area contributed by atoms with Gasteiger partial charge in [0.15, 0.2) is 5.96 Å². The Morgan fingerprint density at radius 3 is 2.38 bits per heavy atom. The zero-order valence-electron chi connectivity index (χ0n) is 16.2. The smallest absolute Gasteiger partial charge is 0.191 e. The molecule has 1 heterocycles. The van der Waals surface area contributed by atoms with Crippen molar-refractivity contribution in [2.75, 3.05) is 46.9 Å². The summed E-state index contributed by atoms with van der Waals surface area (Å²) >= 11 is 0. The van der Waals surface area contributed by atoms with Gasteiger partial charge in [-0.3, -0.25) is 9.89 Å². The maximum absolute atomic E-state index is 5.29. The lowest BCUT2D eigenvalue weighted by Crippen LogP contribution is -2.51. The standard InChI is InChI=1S/C19H38N4O/c1-16(2)17(23-11-5-6-12-23)14-21-18(20-3)22-15-19(8-7-9-19)10-13-24-4/h16-17H,5-15H2,1-4H3,(H2,20,21,22). The number of guanidine groups is 1. The highest BCUT2D eigenvalue weighted by molar-refractivity contribution is 5.79. The van der Waals surface area contributed by atoms with E-state index < -0.39 is 0 Å². The normalized spacial score (nSPS) is 22.5. The molecule has 1 aliphatic carbocycles. The van der Waals surface area contributed by atoms with E-state index in [1.165, 1.54) is 45.2 Å². The van der Waals surface area contributed by atoms with Gasteiger partial charge in [0.25, 0.3) is 0 Å². The highest BCUT2D eigenvalue weighted by atomic mass is 16.5. The molecular weight excluding hydrogens is 300 g/mol. The van der Waals surface area contributed by atoms with E-state index in [9.17, 15) is 0 Å². The summed E-state index contributed by atoms with van der Waals surface area (Å²) in [6, 6.07) is 0.595. The Labute approximate surface area is 148 Å². The van der Waals surface area contributed by atoms with Crippen LogP contribution < -0.4 is 10.6 Å². The second kappa shape index (κ2) is 9.62. The van der Waals surface area contributed by atoms with Crippen LogP contribution in [0.15, 0.2) is 4.99 Å². The molecule has 0 bridgehead atoms. The van der Waals surface area contributed by atoms with Crippen LogP contribution in [0.1, 0.15) is 52.4 Å². The van der Waals surface area contributed by atoms with Gasteiger partial charge in [0.2, 0.25) is 0 Å². The summed E-state index contributed by atoms with van der Waals surface area (Å²) < 4.78 is 5.29. The molecule has 0 aromatic rings. The molecule has 1 unspecified atom stereocenters. The third-order valence-corrected chi connectivity index (χ3v) is 5.96. The van der Waals surface area contributed by atoms with Gasteiger partial charge in [-0.25, -0.2) is 0 Å². The van der Waals surface area contributed by atoms with Crippen molar-refractivity contribution in [1.82, 2.24) is 15.5 Å². The maximum Gasteiger partial charge on any atom is 0.191 e. The van der Waals surface area contributed by atoms with Gasteiger partial charge in [-0.1, -0.05) is 20.3 Å². The third kappa shape index (κ3) is 5.35. The van der Waals surface area contributed by atoms with E-state index in [0.29, 0.717) is 17.4 Å². The predicted molar refractivity (Wildman–Crippen MR) is 102 cm³/mol. The summed E-state index contributed by atoms with van der Waals surface area (Å²) in [5.74, 6) is 1.61. The minimum absolute atomic E-state index is 0.417. The Morgan fingerprint density at radius 1 is 1.17 bits per heavy atom. The number of aliphatic imine (C=N–C) groups is 1. The summed E-state index contributed by atoms with van der Waals surface area (Å²) in [6.45, 7) is 9.99. The van der Waals surface area contributed by atoms with Crippen molar-refractivity contribution in [2.24, 2.45) is 16.3 Å². The molecule has 1 aliphatic heterocycles. The number of hydrogen-bond acceptors (Lipinski definition) is 3. The molecule has 0 spiro atoms. The van der Waals surface area contributed by atoms with E-state index >= 15 is 0 Å². The summed E-state index contributed by atoms with van der Waals surface area (Å²) in [4.78, 5) is 7.07. The molecule has 1 atom stereocenters. The Kier molecular flexibility index (Phi) is 7.82. The fourth-order valence-corrected chi connectivity index (χ4v) is 4.06. The lowest BCUT2D eigenvalue weighted by molar-refractivity contribution is 0.0732. The van der Waals surface area contributed by atoms with Crippen LogP contribution in [0.4, 0.5) is 0 Å². The van der Waals surface area contributed by atoms with Crippen LogP contribution in [0.5, 0.6) is 0 Å². The zero-order valence-corrected chi connectivity index (χ0v) is 16.2. The summed E-state index contributed by atoms with van der Waals surface area (Å²) in [7, 11) is 3.67. The van der Waals surface area contributed by atoms with E-state index in [2.05, 4.69) is 34.4 Å². The first-order valence-electron chi connectivity index (χ1n) is 9.78. The van der Waals surface area contributed by atoms with E-state index in [1.807, 2.05) is 7.05 Å². The Bertz CT molecular complexity index is 387. The average Bonchev–Trinajstić information content (AvgIpc) is 3.05. The van der Waals surface area contributed by atoms with E-state index in [4.69, 9.17) is 4.74 Å². The van der Waals surface area contributed by atoms with Gasteiger partial charge in [0.05, 0.1) is 0 Å². The van der Waals surface area contributed by atoms with Crippen molar-refractivity contribution in [3.63, 3.8) is 0 Å². The number of likely N-dealkylation sites (tertiary alicyclic amines) is 1. The lowest BCUT2D eigenvalue weighted by atomic mass is 9.67. The Balaban J connectivity index is 1.78. The van der Waals surface area contributed by atoms with Gasteiger partial charge in [-0.05, 0) is 56.5 Å². The quantitative estimate of drug-likeness (QED) is 0.501. The van der Waals surface area contributed by atoms with Gasteiger partial charge in [-0.15, -0.1) is 0 Å². The first-order chi connectivity index (χ1) is 11.6. The van der Waals surface area contributed by atoms with E-state index in [0.717, 1.165) is 32.1 Å². The molecule has 2 fully saturated rings. The molecule has 1 saturated heterocycles. The predicted octanol–water partition coefficient (Wildman–Crippen LogP) is 2.48. The zero-order chi connectivity index (χ0) is 17.4. The number of nitrogens with one attached hydrogen (secondary N) is 2. The Hall–Kier alpha value is -0.810. The van der Waals surface area contributed by atoms with Crippen LogP contribution in [0.25, 0.3) is 0 Å². The van der Waals surface area contributed by atoms with Crippen molar-refractivity contribution in [3.05, 3.63) is 0 Å². The fraction of sp³-hybridized carbons (Fsp3) is 0.947.